The second-order valence-corrected chi connectivity index (χ2v) is 14.0. The van der Waals surface area contributed by atoms with Crippen molar-refractivity contribution in [2.75, 3.05) is 6.61 Å². The Morgan fingerprint density at radius 2 is 1.22 bits per heavy atom. The van der Waals surface area contributed by atoms with Gasteiger partial charge in [-0.3, -0.25) is 9.59 Å². The Labute approximate surface area is 263 Å². The number of benzene rings is 2. The summed E-state index contributed by atoms with van der Waals surface area (Å²) >= 11 is 15.7. The first kappa shape index (κ1) is 32.3. The van der Waals surface area contributed by atoms with Gasteiger partial charge >= 0.3 is 0 Å². The van der Waals surface area contributed by atoms with Crippen molar-refractivity contribution >= 4 is 58.3 Å². The molecule has 0 N–H and O–H groups in total. The summed E-state index contributed by atoms with van der Waals surface area (Å²) in [6, 6.07) is 7.00. The highest BCUT2D eigenvalue weighted by atomic mass is 35.5. The van der Waals surface area contributed by atoms with Gasteiger partial charge in [0.1, 0.15) is 11.5 Å². The normalized spacial score (nSPS) is 17.5. The monoisotopic (exact) mass is 634 g/mol. The predicted octanol–water partition coefficient (Wildman–Crippen LogP) is 11.2. The van der Waals surface area contributed by atoms with E-state index in [0.29, 0.717) is 55.0 Å². The van der Waals surface area contributed by atoms with Crippen LogP contribution in [0.25, 0.3) is 0 Å². The molecule has 2 heterocycles. The highest BCUT2D eigenvalue weighted by Crippen LogP contribution is 2.52. The molecule has 0 fully saturated rings. The average molecular weight is 636 g/mol. The average Bonchev–Trinajstić information content (AvgIpc) is 3.43. The molecule has 41 heavy (non-hydrogen) atoms. The van der Waals surface area contributed by atoms with Crippen molar-refractivity contribution in [1.29, 1.82) is 0 Å². The fourth-order valence-electron chi connectivity index (χ4n) is 5.02. The molecule has 2 atom stereocenters. The molecule has 0 saturated heterocycles. The zero-order chi connectivity index (χ0) is 29.5. The number of rotatable bonds is 15. The molecular formula is C33H40Cl2O4S2. The number of hydrogen-bond donors (Lipinski definition) is 0. The summed E-state index contributed by atoms with van der Waals surface area (Å²) in [7, 11) is 0. The second kappa shape index (κ2) is 15.2. The minimum atomic E-state index is -0.186. The third kappa shape index (κ3) is 8.07. The summed E-state index contributed by atoms with van der Waals surface area (Å²) < 4.78 is 12.2. The van der Waals surface area contributed by atoms with Crippen molar-refractivity contribution in [2.24, 2.45) is 5.92 Å². The fourth-order valence-corrected chi connectivity index (χ4v) is 7.77. The van der Waals surface area contributed by atoms with E-state index in [0.717, 1.165) is 29.1 Å². The van der Waals surface area contributed by atoms with Crippen molar-refractivity contribution in [2.45, 2.75) is 108 Å². The summed E-state index contributed by atoms with van der Waals surface area (Å²) in [4.78, 5) is 29.2. The van der Waals surface area contributed by atoms with Crippen molar-refractivity contribution in [3.63, 3.8) is 0 Å². The number of hydrogen-bond acceptors (Lipinski definition) is 6. The first-order valence-electron chi connectivity index (χ1n) is 14.9. The molecule has 8 heteroatoms. The first-order chi connectivity index (χ1) is 19.7. The predicted molar refractivity (Wildman–Crippen MR) is 173 cm³/mol. The van der Waals surface area contributed by atoms with Gasteiger partial charge in [-0.2, -0.15) is 0 Å². The molecule has 2 aliphatic rings. The van der Waals surface area contributed by atoms with Crippen LogP contribution in [0.15, 0.2) is 43.9 Å². The fraction of sp³-hybridized carbons (Fsp3) is 0.515. The van der Waals surface area contributed by atoms with Gasteiger partial charge in [-0.05, 0) is 56.4 Å². The molecule has 0 bridgehead atoms. The van der Waals surface area contributed by atoms with E-state index in [1.807, 2.05) is 19.1 Å². The van der Waals surface area contributed by atoms with E-state index < -0.39 is 0 Å². The lowest BCUT2D eigenvalue weighted by Gasteiger charge is -2.16. The number of carbonyl (C=O) groups is 2. The van der Waals surface area contributed by atoms with Crippen molar-refractivity contribution in [3.05, 3.63) is 55.2 Å². The Morgan fingerprint density at radius 1 is 0.707 bits per heavy atom. The number of carbonyl (C=O) groups excluding carboxylic acids is 2. The summed E-state index contributed by atoms with van der Waals surface area (Å²) in [6.07, 6.45) is 11.7. The van der Waals surface area contributed by atoms with E-state index >= 15 is 0 Å². The van der Waals surface area contributed by atoms with Gasteiger partial charge in [-0.1, -0.05) is 112 Å². The molecule has 0 amide bonds. The van der Waals surface area contributed by atoms with Crippen molar-refractivity contribution in [3.8, 4) is 11.5 Å². The third-order valence-electron chi connectivity index (χ3n) is 7.47. The SMILES string of the molecule is CCCCCCC(C)COc1cc2c(cc1Cl)C(=O)/C(=C1\Sc3cc(OC(C)CCCCCC)c(Cl)cc3C1=O)S2. The van der Waals surface area contributed by atoms with Crippen LogP contribution in [0.5, 0.6) is 11.5 Å². The molecule has 4 rings (SSSR count). The van der Waals surface area contributed by atoms with E-state index in [2.05, 4.69) is 20.8 Å². The minimum Gasteiger partial charge on any atom is -0.492 e. The van der Waals surface area contributed by atoms with Gasteiger partial charge in [0.25, 0.3) is 0 Å². The van der Waals surface area contributed by atoms with Crippen molar-refractivity contribution < 1.29 is 19.1 Å². The first-order valence-corrected chi connectivity index (χ1v) is 17.3. The molecule has 0 aromatic heterocycles. The van der Waals surface area contributed by atoms with Gasteiger partial charge in [0.05, 0.1) is 32.6 Å². The molecule has 0 radical (unpaired) electrons. The lowest BCUT2D eigenvalue weighted by Crippen LogP contribution is -2.12. The van der Waals surface area contributed by atoms with Crippen LogP contribution in [0.3, 0.4) is 0 Å². The number of allylic oxidation sites excluding steroid dienone is 2. The maximum Gasteiger partial charge on any atom is 0.202 e. The molecule has 0 spiro atoms. The van der Waals surface area contributed by atoms with Gasteiger partial charge in [0, 0.05) is 20.9 Å². The number of fused-ring (bicyclic) bond motifs is 2. The van der Waals surface area contributed by atoms with E-state index in [4.69, 9.17) is 32.7 Å². The Bertz CT molecular complexity index is 1310. The van der Waals surface area contributed by atoms with Gasteiger partial charge in [-0.25, -0.2) is 0 Å². The Hall–Kier alpha value is -1.60. The van der Waals surface area contributed by atoms with Gasteiger partial charge in [-0.15, -0.1) is 0 Å². The second-order valence-electron chi connectivity index (χ2n) is 11.1. The highest BCUT2D eigenvalue weighted by molar-refractivity contribution is 8.08. The van der Waals surface area contributed by atoms with E-state index in [1.54, 1.807) is 12.1 Å². The number of ketones is 2. The standard InChI is InChI=1S/C33H40Cl2O4S2/c1-5-7-9-11-13-20(3)19-38-26-17-28-22(15-24(26)34)30(36)32(40-28)33-31(37)23-16-25(35)27(18-29(23)41-33)39-21(4)14-12-10-8-6-2/h15-18,20-21H,5-14,19H2,1-4H3/b33-32+. The van der Waals surface area contributed by atoms with Gasteiger partial charge in [0.15, 0.2) is 0 Å². The lowest BCUT2D eigenvalue weighted by molar-refractivity contribution is 0.101. The third-order valence-corrected chi connectivity index (χ3v) is 10.5. The summed E-state index contributed by atoms with van der Waals surface area (Å²) in [6.45, 7) is 9.21. The number of ether oxygens (including phenoxy) is 2. The number of thioether (sulfide) groups is 2. The molecule has 2 aliphatic heterocycles. The Kier molecular flexibility index (Phi) is 12.0. The highest BCUT2D eigenvalue weighted by Gasteiger charge is 2.37. The van der Waals surface area contributed by atoms with Crippen LogP contribution in [-0.4, -0.2) is 24.3 Å². The zero-order valence-electron chi connectivity index (χ0n) is 24.4. The summed E-state index contributed by atoms with van der Waals surface area (Å²) in [5.74, 6) is 1.19. The maximum absolute atomic E-state index is 13.4. The van der Waals surface area contributed by atoms with Crippen LogP contribution in [0.4, 0.5) is 0 Å². The zero-order valence-corrected chi connectivity index (χ0v) is 27.6. The number of Topliss-reactive ketones (excluding diaryl/α,β-unsaturated/α-hetero) is 2. The molecule has 2 unspecified atom stereocenters. The molecule has 0 aliphatic carbocycles. The van der Waals surface area contributed by atoms with Crippen LogP contribution in [0.2, 0.25) is 10.0 Å². The van der Waals surface area contributed by atoms with E-state index in [1.165, 1.54) is 68.5 Å². The van der Waals surface area contributed by atoms with Crippen LogP contribution in [0.1, 0.15) is 113 Å². The number of halogens is 2. The topological polar surface area (TPSA) is 52.6 Å². The van der Waals surface area contributed by atoms with Crippen LogP contribution in [-0.2, 0) is 0 Å². The molecular weight excluding hydrogens is 595 g/mol. The molecule has 2 aromatic rings. The maximum atomic E-state index is 13.4. The van der Waals surface area contributed by atoms with Crippen LogP contribution < -0.4 is 9.47 Å². The smallest absolute Gasteiger partial charge is 0.202 e. The molecule has 2 aromatic carbocycles. The van der Waals surface area contributed by atoms with Crippen molar-refractivity contribution in [1.82, 2.24) is 0 Å². The largest absolute Gasteiger partial charge is 0.492 e. The Balaban J connectivity index is 1.45. The van der Waals surface area contributed by atoms with Crippen LogP contribution >= 0.6 is 46.7 Å². The minimum absolute atomic E-state index is 0.0222. The summed E-state index contributed by atoms with van der Waals surface area (Å²) in [5, 5.41) is 0.819. The molecule has 222 valence electrons. The van der Waals surface area contributed by atoms with Crippen LogP contribution in [0, 0.1) is 5.92 Å². The lowest BCUT2D eigenvalue weighted by atomic mass is 10.0. The van der Waals surface area contributed by atoms with Gasteiger partial charge < -0.3 is 9.47 Å². The van der Waals surface area contributed by atoms with E-state index in [9.17, 15) is 9.59 Å². The quantitative estimate of drug-likeness (QED) is 0.143. The summed E-state index contributed by atoms with van der Waals surface area (Å²) in [5.41, 5.74) is 1.01. The van der Waals surface area contributed by atoms with Gasteiger partial charge in [0.2, 0.25) is 11.6 Å². The Morgan fingerprint density at radius 3 is 1.78 bits per heavy atom. The molecule has 4 nitrogen and oxygen atoms in total. The molecule has 0 saturated carbocycles. The number of unbranched alkanes of at least 4 members (excludes halogenated alkanes) is 6. The van der Waals surface area contributed by atoms with E-state index in [-0.39, 0.29) is 17.7 Å².